The Morgan fingerprint density at radius 1 is 1.24 bits per heavy atom. The van der Waals surface area contributed by atoms with Crippen LogP contribution in [0.4, 0.5) is 0 Å². The van der Waals surface area contributed by atoms with Gasteiger partial charge in [-0.1, -0.05) is 6.92 Å². The molecule has 1 rings (SSSR count). The fourth-order valence-electron chi connectivity index (χ4n) is 2.68. The van der Waals surface area contributed by atoms with Gasteiger partial charge in [-0.05, 0) is 26.7 Å². The molecule has 0 saturated heterocycles. The highest BCUT2D eigenvalue weighted by atomic mass is 35.5. The molecule has 7 heteroatoms. The largest absolute Gasteiger partial charge is 0.481 e. The molecule has 0 fully saturated rings. The van der Waals surface area contributed by atoms with Crippen molar-refractivity contribution in [1.82, 2.24) is 0 Å². The number of carboxylic acid groups (broad SMARTS) is 2. The van der Waals surface area contributed by atoms with Crippen molar-refractivity contribution in [1.29, 1.82) is 0 Å². The van der Waals surface area contributed by atoms with Crippen LogP contribution in [-0.4, -0.2) is 38.6 Å². The molecule has 21 heavy (non-hydrogen) atoms. The van der Waals surface area contributed by atoms with E-state index in [1.165, 1.54) is 0 Å². The quantitative estimate of drug-likeness (QED) is 0.730. The van der Waals surface area contributed by atoms with Crippen LogP contribution in [0, 0.1) is 11.8 Å². The zero-order valence-electron chi connectivity index (χ0n) is 12.1. The standard InChI is InChI=1S/C14H19Cl2NO4/c1-4-9(15)10(16)5-8-11(13(18)19)6(2)17-7(3)12(8)14(20)21/h8-11H,4-5H2,1-3H3,(H,18,19)(H,20,21). The van der Waals surface area contributed by atoms with Crippen LogP contribution in [-0.2, 0) is 9.59 Å². The summed E-state index contributed by atoms with van der Waals surface area (Å²) >= 11 is 12.3. The Hall–Kier alpha value is -1.07. The zero-order chi connectivity index (χ0) is 16.3. The van der Waals surface area contributed by atoms with Gasteiger partial charge in [0, 0.05) is 22.7 Å². The maximum Gasteiger partial charge on any atom is 0.333 e. The molecule has 0 aromatic carbocycles. The molecule has 0 radical (unpaired) electrons. The van der Waals surface area contributed by atoms with Gasteiger partial charge < -0.3 is 10.2 Å². The molecule has 2 N–H and O–H groups in total. The Balaban J connectivity index is 3.21. The number of rotatable bonds is 6. The maximum atomic E-state index is 11.5. The van der Waals surface area contributed by atoms with Crippen LogP contribution in [0.3, 0.4) is 0 Å². The number of aliphatic imine (C=N–C) groups is 1. The monoisotopic (exact) mass is 335 g/mol. The highest BCUT2D eigenvalue weighted by Crippen LogP contribution is 2.36. The molecule has 4 unspecified atom stereocenters. The minimum absolute atomic E-state index is 0.0126. The lowest BCUT2D eigenvalue weighted by atomic mass is 9.77. The van der Waals surface area contributed by atoms with E-state index in [9.17, 15) is 19.8 Å². The second kappa shape index (κ2) is 7.27. The molecule has 0 aliphatic carbocycles. The maximum absolute atomic E-state index is 11.5. The molecule has 4 atom stereocenters. The van der Waals surface area contributed by atoms with Crippen molar-refractivity contribution in [2.75, 3.05) is 0 Å². The molecule has 0 amide bonds. The topological polar surface area (TPSA) is 87.0 Å². The number of alkyl halides is 2. The van der Waals surface area contributed by atoms with E-state index in [2.05, 4.69) is 4.99 Å². The molecule has 0 saturated carbocycles. The third-order valence-electron chi connectivity index (χ3n) is 3.72. The summed E-state index contributed by atoms with van der Waals surface area (Å²) in [6.07, 6.45) is 0.810. The minimum atomic E-state index is -1.16. The third kappa shape index (κ3) is 3.98. The van der Waals surface area contributed by atoms with Crippen LogP contribution in [0.5, 0.6) is 0 Å². The van der Waals surface area contributed by atoms with Gasteiger partial charge in [-0.15, -0.1) is 23.2 Å². The number of carboxylic acids is 2. The van der Waals surface area contributed by atoms with Crippen molar-refractivity contribution in [2.45, 2.75) is 44.4 Å². The van der Waals surface area contributed by atoms with E-state index >= 15 is 0 Å². The Bertz CT molecular complexity index is 501. The van der Waals surface area contributed by atoms with Gasteiger partial charge in [0.25, 0.3) is 0 Å². The molecule has 118 valence electrons. The SMILES string of the molecule is CCC(Cl)C(Cl)CC1C(C(=O)O)=C(C)N=C(C)C1C(=O)O. The summed E-state index contributed by atoms with van der Waals surface area (Å²) in [5.74, 6) is -3.97. The van der Waals surface area contributed by atoms with Crippen LogP contribution in [0.25, 0.3) is 0 Å². The van der Waals surface area contributed by atoms with Crippen molar-refractivity contribution in [2.24, 2.45) is 16.8 Å². The Morgan fingerprint density at radius 3 is 2.24 bits per heavy atom. The first kappa shape index (κ1) is 18.0. The second-order valence-corrected chi connectivity index (χ2v) is 6.28. The summed E-state index contributed by atoms with van der Waals surface area (Å²) in [7, 11) is 0. The number of aliphatic carboxylic acids is 2. The van der Waals surface area contributed by atoms with Crippen LogP contribution in [0.2, 0.25) is 0 Å². The van der Waals surface area contributed by atoms with Crippen molar-refractivity contribution >= 4 is 40.9 Å². The molecule has 0 spiro atoms. The van der Waals surface area contributed by atoms with Gasteiger partial charge in [0.05, 0.1) is 11.0 Å². The van der Waals surface area contributed by atoms with E-state index < -0.39 is 29.2 Å². The summed E-state index contributed by atoms with van der Waals surface area (Å²) in [6, 6.07) is 0. The fourth-order valence-corrected chi connectivity index (χ4v) is 3.16. The van der Waals surface area contributed by atoms with E-state index in [4.69, 9.17) is 23.2 Å². The molecular weight excluding hydrogens is 317 g/mol. The average molecular weight is 336 g/mol. The smallest absolute Gasteiger partial charge is 0.333 e. The van der Waals surface area contributed by atoms with Crippen molar-refractivity contribution in [3.05, 3.63) is 11.3 Å². The Labute approximate surface area is 133 Å². The van der Waals surface area contributed by atoms with Crippen LogP contribution in [0.1, 0.15) is 33.6 Å². The first-order valence-electron chi connectivity index (χ1n) is 6.70. The lowest BCUT2D eigenvalue weighted by molar-refractivity contribution is -0.141. The molecule has 0 bridgehead atoms. The van der Waals surface area contributed by atoms with Gasteiger partial charge in [0.1, 0.15) is 5.92 Å². The number of carbonyl (C=O) groups is 2. The molecule has 1 aliphatic heterocycles. The third-order valence-corrected chi connectivity index (χ3v) is 4.94. The summed E-state index contributed by atoms with van der Waals surface area (Å²) in [5.41, 5.74) is 0.731. The molecular formula is C14H19Cl2NO4. The van der Waals surface area contributed by atoms with Gasteiger partial charge >= 0.3 is 11.9 Å². The van der Waals surface area contributed by atoms with Crippen LogP contribution < -0.4 is 0 Å². The van der Waals surface area contributed by atoms with Gasteiger partial charge in [-0.25, -0.2) is 4.79 Å². The predicted molar refractivity (Wildman–Crippen MR) is 82.3 cm³/mol. The molecule has 1 heterocycles. The van der Waals surface area contributed by atoms with Crippen molar-refractivity contribution in [3.63, 3.8) is 0 Å². The zero-order valence-corrected chi connectivity index (χ0v) is 13.6. The van der Waals surface area contributed by atoms with E-state index in [0.717, 1.165) is 0 Å². The Morgan fingerprint density at radius 2 is 1.81 bits per heavy atom. The van der Waals surface area contributed by atoms with Gasteiger partial charge in [-0.3, -0.25) is 9.79 Å². The lowest BCUT2D eigenvalue weighted by Gasteiger charge is -2.31. The second-order valence-electron chi connectivity index (χ2n) is 5.16. The normalized spacial score (nSPS) is 25.3. The highest BCUT2D eigenvalue weighted by molar-refractivity contribution is 6.30. The van der Waals surface area contributed by atoms with Gasteiger partial charge in [0.2, 0.25) is 0 Å². The summed E-state index contributed by atoms with van der Waals surface area (Å²) in [6.45, 7) is 5.03. The summed E-state index contributed by atoms with van der Waals surface area (Å²) in [5, 5.41) is 17.9. The number of halogens is 2. The lowest BCUT2D eigenvalue weighted by Crippen LogP contribution is -2.38. The molecule has 5 nitrogen and oxygen atoms in total. The fraction of sp³-hybridized carbons (Fsp3) is 0.643. The summed E-state index contributed by atoms with van der Waals surface area (Å²) < 4.78 is 0. The molecule has 0 aromatic heterocycles. The van der Waals surface area contributed by atoms with Crippen molar-refractivity contribution in [3.8, 4) is 0 Å². The van der Waals surface area contributed by atoms with E-state index in [-0.39, 0.29) is 17.4 Å². The first-order chi connectivity index (χ1) is 9.70. The summed E-state index contributed by atoms with van der Waals surface area (Å²) in [4.78, 5) is 27.0. The van der Waals surface area contributed by atoms with Crippen LogP contribution in [0.15, 0.2) is 16.3 Å². The highest BCUT2D eigenvalue weighted by Gasteiger charge is 2.41. The van der Waals surface area contributed by atoms with Gasteiger partial charge in [-0.2, -0.15) is 0 Å². The van der Waals surface area contributed by atoms with E-state index in [0.29, 0.717) is 17.8 Å². The van der Waals surface area contributed by atoms with E-state index in [1.54, 1.807) is 13.8 Å². The minimum Gasteiger partial charge on any atom is -0.481 e. The predicted octanol–water partition coefficient (Wildman–Crippen LogP) is 3.15. The van der Waals surface area contributed by atoms with E-state index in [1.807, 2.05) is 6.92 Å². The first-order valence-corrected chi connectivity index (χ1v) is 7.58. The number of nitrogens with zero attached hydrogens (tertiary/aromatic N) is 1. The Kier molecular flexibility index (Phi) is 6.23. The number of hydrogen-bond donors (Lipinski definition) is 2. The van der Waals surface area contributed by atoms with Gasteiger partial charge in [0.15, 0.2) is 0 Å². The number of hydrogen-bond acceptors (Lipinski definition) is 3. The number of allylic oxidation sites excluding steroid dienone is 1. The average Bonchev–Trinajstić information content (AvgIpc) is 2.35. The van der Waals surface area contributed by atoms with Crippen LogP contribution >= 0.6 is 23.2 Å². The molecule has 0 aromatic rings. The van der Waals surface area contributed by atoms with Crippen molar-refractivity contribution < 1.29 is 19.8 Å². The molecule has 1 aliphatic rings.